The molecule has 0 radical (unpaired) electrons. The first-order valence-electron chi connectivity index (χ1n) is 7.04. The van der Waals surface area contributed by atoms with Crippen LogP contribution in [0.25, 0.3) is 0 Å². The summed E-state index contributed by atoms with van der Waals surface area (Å²) < 4.78 is 1.72. The summed E-state index contributed by atoms with van der Waals surface area (Å²) in [5.74, 6) is 0.721. The minimum atomic E-state index is -0.890. The van der Waals surface area contributed by atoms with Crippen LogP contribution >= 0.6 is 11.3 Å². The van der Waals surface area contributed by atoms with Gasteiger partial charge in [0.1, 0.15) is 5.60 Å². The lowest BCUT2D eigenvalue weighted by molar-refractivity contribution is 0.0529. The fourth-order valence-electron chi connectivity index (χ4n) is 2.51. The lowest BCUT2D eigenvalue weighted by Gasteiger charge is -2.26. The standard InChI is InChI=1S/C15H21N3OS/c1-15(19,12-8-17-18(2)9-12)10-16-14(11-5-6-11)13-4-3-7-20-13/h3-4,7-9,11,14,16,19H,5-6,10H2,1-2H3. The van der Waals surface area contributed by atoms with Gasteiger partial charge in [0.15, 0.2) is 0 Å². The van der Waals surface area contributed by atoms with Crippen LogP contribution in [0.1, 0.15) is 36.2 Å². The minimum absolute atomic E-state index is 0.373. The molecule has 2 atom stereocenters. The fourth-order valence-corrected chi connectivity index (χ4v) is 3.40. The normalized spacial score (nSPS) is 19.8. The number of rotatable bonds is 6. The van der Waals surface area contributed by atoms with E-state index in [9.17, 15) is 5.11 Å². The molecule has 0 amide bonds. The smallest absolute Gasteiger partial charge is 0.102 e. The molecule has 0 aliphatic heterocycles. The Hall–Kier alpha value is -1.17. The molecule has 108 valence electrons. The molecule has 1 aliphatic rings. The molecule has 4 nitrogen and oxygen atoms in total. The molecule has 2 N–H and O–H groups in total. The van der Waals surface area contributed by atoms with Crippen LogP contribution in [0.3, 0.4) is 0 Å². The van der Waals surface area contributed by atoms with E-state index in [1.165, 1.54) is 17.7 Å². The number of hydrogen-bond donors (Lipinski definition) is 2. The van der Waals surface area contributed by atoms with E-state index in [2.05, 4.69) is 27.9 Å². The summed E-state index contributed by atoms with van der Waals surface area (Å²) in [5.41, 5.74) is -0.0354. The predicted molar refractivity (Wildman–Crippen MR) is 80.6 cm³/mol. The van der Waals surface area contributed by atoms with Crippen LogP contribution in [0.2, 0.25) is 0 Å². The first kappa shape index (κ1) is 13.8. The Labute approximate surface area is 123 Å². The number of hydrogen-bond acceptors (Lipinski definition) is 4. The molecule has 0 saturated heterocycles. The molecular formula is C15H21N3OS. The highest BCUT2D eigenvalue weighted by Gasteiger charge is 2.34. The molecule has 2 aromatic heterocycles. The summed E-state index contributed by atoms with van der Waals surface area (Å²) in [5, 5.41) is 20.4. The summed E-state index contributed by atoms with van der Waals surface area (Å²) in [7, 11) is 1.87. The molecular weight excluding hydrogens is 270 g/mol. The topological polar surface area (TPSA) is 50.1 Å². The van der Waals surface area contributed by atoms with Crippen molar-refractivity contribution in [2.24, 2.45) is 13.0 Å². The van der Waals surface area contributed by atoms with E-state index >= 15 is 0 Å². The summed E-state index contributed by atoms with van der Waals surface area (Å²) in [6.45, 7) is 2.38. The quantitative estimate of drug-likeness (QED) is 0.859. The second-order valence-electron chi connectivity index (χ2n) is 5.89. The zero-order chi connectivity index (χ0) is 14.2. The zero-order valence-corrected chi connectivity index (χ0v) is 12.7. The molecule has 0 aromatic carbocycles. The average Bonchev–Trinajstić information content (AvgIpc) is 2.89. The second-order valence-corrected chi connectivity index (χ2v) is 6.87. The number of nitrogens with one attached hydrogen (secondary N) is 1. The van der Waals surface area contributed by atoms with E-state index < -0.39 is 5.60 Å². The van der Waals surface area contributed by atoms with Gasteiger partial charge in [-0.25, -0.2) is 0 Å². The van der Waals surface area contributed by atoms with Gasteiger partial charge >= 0.3 is 0 Å². The molecule has 1 aliphatic carbocycles. The first-order valence-corrected chi connectivity index (χ1v) is 7.92. The maximum absolute atomic E-state index is 10.6. The highest BCUT2D eigenvalue weighted by molar-refractivity contribution is 7.10. The number of aromatic nitrogens is 2. The SMILES string of the molecule is Cn1cc(C(C)(O)CNC(c2cccs2)C2CC2)cn1. The summed E-state index contributed by atoms with van der Waals surface area (Å²) in [6, 6.07) is 4.65. The molecule has 1 saturated carbocycles. The zero-order valence-electron chi connectivity index (χ0n) is 11.9. The van der Waals surface area contributed by atoms with E-state index in [4.69, 9.17) is 0 Å². The van der Waals surface area contributed by atoms with Gasteiger partial charge in [-0.1, -0.05) is 6.07 Å². The van der Waals surface area contributed by atoms with Crippen molar-refractivity contribution in [1.82, 2.24) is 15.1 Å². The summed E-state index contributed by atoms with van der Waals surface area (Å²) >= 11 is 1.79. The molecule has 5 heteroatoms. The van der Waals surface area contributed by atoms with Crippen molar-refractivity contribution < 1.29 is 5.11 Å². The van der Waals surface area contributed by atoms with Crippen molar-refractivity contribution in [2.75, 3.05) is 6.54 Å². The Morgan fingerprint density at radius 3 is 2.95 bits per heavy atom. The third-order valence-electron chi connectivity index (χ3n) is 3.94. The minimum Gasteiger partial charge on any atom is -0.384 e. The molecule has 2 heterocycles. The average molecular weight is 291 g/mol. The predicted octanol–water partition coefficient (Wildman–Crippen LogP) is 2.43. The second kappa shape index (κ2) is 5.31. The summed E-state index contributed by atoms with van der Waals surface area (Å²) in [4.78, 5) is 1.37. The monoisotopic (exact) mass is 291 g/mol. The van der Waals surface area contributed by atoms with Crippen LogP contribution in [-0.2, 0) is 12.6 Å². The Kier molecular flexibility index (Phi) is 3.67. The van der Waals surface area contributed by atoms with Crippen molar-refractivity contribution >= 4 is 11.3 Å². The number of aliphatic hydroxyl groups is 1. The lowest BCUT2D eigenvalue weighted by Crippen LogP contribution is -2.37. The van der Waals surface area contributed by atoms with Gasteiger partial charge in [-0.15, -0.1) is 11.3 Å². The van der Waals surface area contributed by atoms with E-state index in [0.29, 0.717) is 12.6 Å². The van der Waals surface area contributed by atoms with E-state index in [1.54, 1.807) is 22.2 Å². The van der Waals surface area contributed by atoms with Gasteiger partial charge in [-0.05, 0) is 37.1 Å². The number of nitrogens with zero attached hydrogens (tertiary/aromatic N) is 2. The van der Waals surface area contributed by atoms with Gasteiger partial charge in [0.05, 0.1) is 6.20 Å². The maximum atomic E-state index is 10.6. The van der Waals surface area contributed by atoms with Crippen molar-refractivity contribution in [1.29, 1.82) is 0 Å². The van der Waals surface area contributed by atoms with E-state index in [1.807, 2.05) is 20.2 Å². The first-order chi connectivity index (χ1) is 9.56. The Bertz CT molecular complexity index is 557. The Morgan fingerprint density at radius 2 is 2.40 bits per heavy atom. The number of thiophene rings is 1. The van der Waals surface area contributed by atoms with Crippen LogP contribution < -0.4 is 5.32 Å². The molecule has 0 spiro atoms. The highest BCUT2D eigenvalue weighted by atomic mass is 32.1. The Balaban J connectivity index is 1.68. The van der Waals surface area contributed by atoms with Crippen molar-refractivity contribution in [3.63, 3.8) is 0 Å². The molecule has 3 rings (SSSR count). The molecule has 2 aromatic rings. The lowest BCUT2D eigenvalue weighted by atomic mass is 9.98. The van der Waals surface area contributed by atoms with E-state index in [0.717, 1.165) is 11.5 Å². The molecule has 0 bridgehead atoms. The van der Waals surface area contributed by atoms with Gasteiger partial charge in [-0.2, -0.15) is 5.10 Å². The Morgan fingerprint density at radius 1 is 1.60 bits per heavy atom. The molecule has 1 fully saturated rings. The van der Waals surface area contributed by atoms with Crippen LogP contribution in [0.4, 0.5) is 0 Å². The molecule has 20 heavy (non-hydrogen) atoms. The largest absolute Gasteiger partial charge is 0.384 e. The third kappa shape index (κ3) is 2.95. The van der Waals surface area contributed by atoms with Gasteiger partial charge < -0.3 is 10.4 Å². The number of aryl methyl sites for hydroxylation is 1. The van der Waals surface area contributed by atoms with Crippen LogP contribution in [0.5, 0.6) is 0 Å². The van der Waals surface area contributed by atoms with Gasteiger partial charge in [0.25, 0.3) is 0 Å². The van der Waals surface area contributed by atoms with Crippen LogP contribution in [0.15, 0.2) is 29.9 Å². The summed E-state index contributed by atoms with van der Waals surface area (Å²) in [6.07, 6.45) is 6.17. The van der Waals surface area contributed by atoms with Gasteiger partial charge in [0, 0.05) is 36.3 Å². The molecule has 2 unspecified atom stereocenters. The van der Waals surface area contributed by atoms with Crippen LogP contribution in [0, 0.1) is 5.92 Å². The highest BCUT2D eigenvalue weighted by Crippen LogP contribution is 2.42. The van der Waals surface area contributed by atoms with Crippen molar-refractivity contribution in [2.45, 2.75) is 31.4 Å². The van der Waals surface area contributed by atoms with Crippen molar-refractivity contribution in [3.05, 3.63) is 40.3 Å². The van der Waals surface area contributed by atoms with Gasteiger partial charge in [0.2, 0.25) is 0 Å². The van der Waals surface area contributed by atoms with Crippen LogP contribution in [-0.4, -0.2) is 21.4 Å². The third-order valence-corrected chi connectivity index (χ3v) is 4.89. The maximum Gasteiger partial charge on any atom is 0.102 e. The van der Waals surface area contributed by atoms with E-state index in [-0.39, 0.29) is 0 Å². The van der Waals surface area contributed by atoms with Crippen molar-refractivity contribution in [3.8, 4) is 0 Å². The van der Waals surface area contributed by atoms with Gasteiger partial charge in [-0.3, -0.25) is 4.68 Å². The fraction of sp³-hybridized carbons (Fsp3) is 0.533.